The molecule has 3 rings (SSSR count). The van der Waals surface area contributed by atoms with Gasteiger partial charge in [-0.2, -0.15) is 0 Å². The van der Waals surface area contributed by atoms with Crippen LogP contribution in [0.3, 0.4) is 0 Å². The molecule has 1 fully saturated rings. The van der Waals surface area contributed by atoms with Crippen LogP contribution in [0.2, 0.25) is 0 Å². The number of hydrogen-bond donors (Lipinski definition) is 0. The van der Waals surface area contributed by atoms with Crippen molar-refractivity contribution < 1.29 is 23.5 Å². The molecule has 122 valence electrons. The maximum atomic E-state index is 12.2. The zero-order valence-electron chi connectivity index (χ0n) is 13.2. The largest absolute Gasteiger partial charge is 0.450 e. The number of benzene rings is 1. The quantitative estimate of drug-likeness (QED) is 0.812. The third-order valence-corrected chi connectivity index (χ3v) is 3.73. The van der Waals surface area contributed by atoms with Crippen LogP contribution < -0.4 is 0 Å². The van der Waals surface area contributed by atoms with Crippen LogP contribution in [0.4, 0.5) is 0 Å². The molecule has 1 amide bonds. The van der Waals surface area contributed by atoms with Crippen molar-refractivity contribution in [1.82, 2.24) is 4.90 Å². The summed E-state index contributed by atoms with van der Waals surface area (Å²) < 4.78 is 16.1. The van der Waals surface area contributed by atoms with Crippen molar-refractivity contribution in [3.8, 4) is 0 Å². The number of esters is 1. The lowest BCUT2D eigenvalue weighted by Crippen LogP contribution is -2.49. The Kier molecular flexibility index (Phi) is 4.34. The summed E-state index contributed by atoms with van der Waals surface area (Å²) >= 11 is 0. The van der Waals surface area contributed by atoms with E-state index in [9.17, 15) is 9.59 Å². The summed E-state index contributed by atoms with van der Waals surface area (Å²) in [7, 11) is 0. The fourth-order valence-corrected chi connectivity index (χ4v) is 2.75. The van der Waals surface area contributed by atoms with Crippen molar-refractivity contribution in [2.75, 3.05) is 19.7 Å². The van der Waals surface area contributed by atoms with Gasteiger partial charge in [-0.3, -0.25) is 4.79 Å². The van der Waals surface area contributed by atoms with Gasteiger partial charge in [0.25, 0.3) is 5.91 Å². The molecule has 2 aromatic rings. The minimum Gasteiger partial charge on any atom is -0.450 e. The molecule has 6 nitrogen and oxygen atoms in total. The number of fused-ring (bicyclic) bond motifs is 1. The van der Waals surface area contributed by atoms with E-state index >= 15 is 0 Å². The number of morpholine rings is 1. The first-order valence-corrected chi connectivity index (χ1v) is 7.62. The van der Waals surface area contributed by atoms with Crippen LogP contribution in [0.1, 0.15) is 24.4 Å². The molecule has 2 atom stereocenters. The van der Waals surface area contributed by atoms with E-state index in [0.717, 1.165) is 5.39 Å². The molecule has 23 heavy (non-hydrogen) atoms. The van der Waals surface area contributed by atoms with Crippen molar-refractivity contribution >= 4 is 22.8 Å². The molecular formula is C17H19NO5. The van der Waals surface area contributed by atoms with Crippen LogP contribution >= 0.6 is 0 Å². The van der Waals surface area contributed by atoms with Crippen LogP contribution in [-0.2, 0) is 14.3 Å². The van der Waals surface area contributed by atoms with E-state index in [2.05, 4.69) is 0 Å². The van der Waals surface area contributed by atoms with Crippen LogP contribution in [0.15, 0.2) is 34.7 Å². The van der Waals surface area contributed by atoms with E-state index in [-0.39, 0.29) is 30.5 Å². The van der Waals surface area contributed by atoms with Gasteiger partial charge >= 0.3 is 5.97 Å². The third kappa shape index (κ3) is 3.53. The van der Waals surface area contributed by atoms with Crippen molar-refractivity contribution in [1.29, 1.82) is 0 Å². The van der Waals surface area contributed by atoms with Gasteiger partial charge in [0, 0.05) is 18.5 Å². The standard InChI is InChI=1S/C17H19NO5/c1-11-8-18(9-12(2)22-11)16(19)10-21-17(20)15-7-13-5-3-4-6-14(13)23-15/h3-7,11-12H,8-10H2,1-2H3/t11-,12-/m1/s1. The molecule has 0 saturated carbocycles. The first-order valence-electron chi connectivity index (χ1n) is 7.62. The summed E-state index contributed by atoms with van der Waals surface area (Å²) in [6.07, 6.45) is -0.0393. The Morgan fingerprint density at radius 2 is 1.91 bits per heavy atom. The fourth-order valence-electron chi connectivity index (χ4n) is 2.75. The Morgan fingerprint density at radius 3 is 2.61 bits per heavy atom. The topological polar surface area (TPSA) is 69.0 Å². The molecule has 1 aliphatic rings. The summed E-state index contributed by atoms with van der Waals surface area (Å²) in [4.78, 5) is 25.8. The second-order valence-corrected chi connectivity index (χ2v) is 5.78. The molecular weight excluding hydrogens is 298 g/mol. The Morgan fingerprint density at radius 1 is 1.22 bits per heavy atom. The molecule has 1 saturated heterocycles. The number of ether oxygens (including phenoxy) is 2. The molecule has 0 spiro atoms. The van der Waals surface area contributed by atoms with E-state index < -0.39 is 5.97 Å². The zero-order valence-corrected chi connectivity index (χ0v) is 13.2. The van der Waals surface area contributed by atoms with Crippen LogP contribution in [0.25, 0.3) is 11.0 Å². The highest BCUT2D eigenvalue weighted by Gasteiger charge is 2.26. The first-order chi connectivity index (χ1) is 11.0. The molecule has 0 bridgehead atoms. The van der Waals surface area contributed by atoms with Crippen molar-refractivity contribution in [3.05, 3.63) is 36.1 Å². The minimum atomic E-state index is -0.635. The van der Waals surface area contributed by atoms with Gasteiger partial charge in [0.2, 0.25) is 5.76 Å². The monoisotopic (exact) mass is 317 g/mol. The Balaban J connectivity index is 1.59. The average Bonchev–Trinajstić information content (AvgIpc) is 2.95. The molecule has 1 aliphatic heterocycles. The van der Waals surface area contributed by atoms with Gasteiger partial charge in [0.1, 0.15) is 5.58 Å². The second kappa shape index (κ2) is 6.42. The van der Waals surface area contributed by atoms with Gasteiger partial charge in [-0.1, -0.05) is 18.2 Å². The van der Waals surface area contributed by atoms with Gasteiger partial charge in [0.05, 0.1) is 12.2 Å². The summed E-state index contributed by atoms with van der Waals surface area (Å²) in [5.41, 5.74) is 0.613. The second-order valence-electron chi connectivity index (χ2n) is 5.78. The molecule has 6 heteroatoms. The third-order valence-electron chi connectivity index (χ3n) is 3.73. The van der Waals surface area contributed by atoms with Gasteiger partial charge < -0.3 is 18.8 Å². The lowest BCUT2D eigenvalue weighted by Gasteiger charge is -2.35. The molecule has 0 unspecified atom stereocenters. The number of amides is 1. The lowest BCUT2D eigenvalue weighted by molar-refractivity contribution is -0.146. The number of hydrogen-bond acceptors (Lipinski definition) is 5. The predicted molar refractivity (Wildman–Crippen MR) is 83.1 cm³/mol. The number of carbonyl (C=O) groups is 2. The Labute approximate surface area is 133 Å². The number of carbonyl (C=O) groups excluding carboxylic acids is 2. The van der Waals surface area contributed by atoms with E-state index in [0.29, 0.717) is 18.7 Å². The molecule has 0 radical (unpaired) electrons. The molecule has 0 aliphatic carbocycles. The number of furan rings is 1. The van der Waals surface area contributed by atoms with E-state index in [1.807, 2.05) is 32.0 Å². The summed E-state index contributed by atoms with van der Waals surface area (Å²) in [5.74, 6) is -0.761. The van der Waals surface area contributed by atoms with Gasteiger partial charge in [-0.25, -0.2) is 4.79 Å². The molecule has 1 aromatic carbocycles. The van der Waals surface area contributed by atoms with Crippen LogP contribution in [-0.4, -0.2) is 48.7 Å². The molecule has 2 heterocycles. The number of para-hydroxylation sites is 1. The van der Waals surface area contributed by atoms with Crippen molar-refractivity contribution in [3.63, 3.8) is 0 Å². The van der Waals surface area contributed by atoms with Gasteiger partial charge in [-0.15, -0.1) is 0 Å². The fraction of sp³-hybridized carbons (Fsp3) is 0.412. The number of rotatable bonds is 3. The highest BCUT2D eigenvalue weighted by molar-refractivity contribution is 5.93. The zero-order chi connectivity index (χ0) is 16.4. The normalized spacial score (nSPS) is 21.4. The van der Waals surface area contributed by atoms with Crippen LogP contribution in [0.5, 0.6) is 0 Å². The van der Waals surface area contributed by atoms with Crippen molar-refractivity contribution in [2.24, 2.45) is 0 Å². The van der Waals surface area contributed by atoms with E-state index in [1.165, 1.54) is 0 Å². The van der Waals surface area contributed by atoms with Gasteiger partial charge in [-0.05, 0) is 26.0 Å². The summed E-state index contributed by atoms with van der Waals surface area (Å²) in [6.45, 7) is 4.54. The number of nitrogens with zero attached hydrogens (tertiary/aromatic N) is 1. The maximum Gasteiger partial charge on any atom is 0.374 e. The summed E-state index contributed by atoms with van der Waals surface area (Å²) in [6, 6.07) is 8.91. The first kappa shape index (κ1) is 15.6. The maximum absolute atomic E-state index is 12.2. The average molecular weight is 317 g/mol. The SMILES string of the molecule is C[C@@H]1CN(C(=O)COC(=O)c2cc3ccccc3o2)C[C@@H](C)O1. The van der Waals surface area contributed by atoms with Crippen molar-refractivity contribution in [2.45, 2.75) is 26.1 Å². The van der Waals surface area contributed by atoms with E-state index in [4.69, 9.17) is 13.9 Å². The lowest BCUT2D eigenvalue weighted by atomic mass is 10.2. The van der Waals surface area contributed by atoms with E-state index in [1.54, 1.807) is 17.0 Å². The molecule has 1 aromatic heterocycles. The Hall–Kier alpha value is -2.34. The highest BCUT2D eigenvalue weighted by atomic mass is 16.5. The van der Waals surface area contributed by atoms with Gasteiger partial charge in [0.15, 0.2) is 6.61 Å². The smallest absolute Gasteiger partial charge is 0.374 e. The Bertz CT molecular complexity index is 680. The predicted octanol–water partition coefficient (Wildman–Crippen LogP) is 2.23. The van der Waals surface area contributed by atoms with Crippen LogP contribution in [0, 0.1) is 0 Å². The highest BCUT2D eigenvalue weighted by Crippen LogP contribution is 2.19. The molecule has 0 N–H and O–H groups in total. The summed E-state index contributed by atoms with van der Waals surface area (Å²) in [5, 5.41) is 0.821. The minimum absolute atomic E-state index is 0.0197.